The molecule has 0 amide bonds. The Morgan fingerprint density at radius 3 is 2.50 bits per heavy atom. The van der Waals surface area contributed by atoms with Gasteiger partial charge in [-0.1, -0.05) is 0 Å². The van der Waals surface area contributed by atoms with Crippen molar-refractivity contribution in [1.29, 1.82) is 0 Å². The van der Waals surface area contributed by atoms with Crippen LogP contribution in [0, 0.1) is 5.92 Å². The van der Waals surface area contributed by atoms with Gasteiger partial charge in [-0.25, -0.2) is 0 Å². The fourth-order valence-electron chi connectivity index (χ4n) is 1.26. The molecule has 0 spiro atoms. The van der Waals surface area contributed by atoms with E-state index in [-0.39, 0.29) is 6.10 Å². The Labute approximate surface area is 49.7 Å². The van der Waals surface area contributed by atoms with Gasteiger partial charge in [-0.3, -0.25) is 0 Å². The van der Waals surface area contributed by atoms with Gasteiger partial charge in [0.2, 0.25) is 0 Å². The molecule has 0 radical (unpaired) electrons. The maximum atomic E-state index is 8.98. The normalized spacial score (nSPS) is 38.2. The lowest BCUT2D eigenvalue weighted by Crippen LogP contribution is -2.11. The monoisotopic (exact) mass is 115 g/mol. The Balaban J connectivity index is 2.22. The van der Waals surface area contributed by atoms with Crippen LogP contribution in [0.3, 0.4) is 0 Å². The quantitative estimate of drug-likeness (QED) is 0.509. The molecule has 0 bridgehead atoms. The lowest BCUT2D eigenvalue weighted by atomic mass is 10.1. The summed E-state index contributed by atoms with van der Waals surface area (Å²) in [5, 5.41) is 8.98. The molecule has 1 rings (SSSR count). The minimum Gasteiger partial charge on any atom is -0.393 e. The highest BCUT2D eigenvalue weighted by Crippen LogP contribution is 2.23. The Bertz CT molecular complexity index is 74.9. The van der Waals surface area contributed by atoms with Crippen LogP contribution in [-0.4, -0.2) is 17.8 Å². The van der Waals surface area contributed by atoms with Gasteiger partial charge in [-0.05, 0) is 31.7 Å². The molecule has 2 nitrogen and oxygen atoms in total. The van der Waals surface area contributed by atoms with Crippen molar-refractivity contribution in [2.75, 3.05) is 6.54 Å². The van der Waals surface area contributed by atoms with E-state index in [1.54, 1.807) is 0 Å². The van der Waals surface area contributed by atoms with Gasteiger partial charge in [-0.15, -0.1) is 0 Å². The molecule has 1 saturated carbocycles. The molecule has 1 aliphatic rings. The van der Waals surface area contributed by atoms with E-state index in [0.29, 0.717) is 5.92 Å². The number of nitrogens with two attached hydrogens (primary N) is 1. The molecule has 3 N–H and O–H groups in total. The number of aliphatic hydroxyl groups is 1. The van der Waals surface area contributed by atoms with Crippen LogP contribution in [0.25, 0.3) is 0 Å². The highest BCUT2D eigenvalue weighted by atomic mass is 16.3. The van der Waals surface area contributed by atoms with Crippen molar-refractivity contribution in [2.45, 2.75) is 25.4 Å². The lowest BCUT2D eigenvalue weighted by Gasteiger charge is -2.01. The zero-order chi connectivity index (χ0) is 5.98. The molecule has 2 atom stereocenters. The summed E-state index contributed by atoms with van der Waals surface area (Å²) >= 11 is 0. The third-order valence-corrected chi connectivity index (χ3v) is 1.85. The summed E-state index contributed by atoms with van der Waals surface area (Å²) in [4.78, 5) is 0. The third kappa shape index (κ3) is 1.20. The largest absolute Gasteiger partial charge is 0.393 e. The minimum absolute atomic E-state index is 0.0523. The molecular weight excluding hydrogens is 102 g/mol. The Morgan fingerprint density at radius 1 is 1.50 bits per heavy atom. The summed E-state index contributed by atoms with van der Waals surface area (Å²) < 4.78 is 0. The van der Waals surface area contributed by atoms with Gasteiger partial charge in [0.1, 0.15) is 0 Å². The fraction of sp³-hybridized carbons (Fsp3) is 1.00. The first-order valence-electron chi connectivity index (χ1n) is 3.21. The number of rotatable bonds is 1. The summed E-state index contributed by atoms with van der Waals surface area (Å²) in [5.74, 6) is 0.602. The lowest BCUT2D eigenvalue weighted by molar-refractivity contribution is 0.178. The highest BCUT2D eigenvalue weighted by Gasteiger charge is 2.20. The molecule has 0 saturated heterocycles. The summed E-state index contributed by atoms with van der Waals surface area (Å²) in [7, 11) is 0. The average molecular weight is 115 g/mol. The Hall–Kier alpha value is -0.0800. The zero-order valence-electron chi connectivity index (χ0n) is 5.01. The van der Waals surface area contributed by atoms with Crippen LogP contribution >= 0.6 is 0 Å². The minimum atomic E-state index is -0.0523. The van der Waals surface area contributed by atoms with Gasteiger partial charge in [0, 0.05) is 0 Å². The van der Waals surface area contributed by atoms with Gasteiger partial charge in [0.15, 0.2) is 0 Å². The molecule has 0 aromatic rings. The van der Waals surface area contributed by atoms with Crippen LogP contribution in [0.2, 0.25) is 0 Å². The van der Waals surface area contributed by atoms with E-state index in [1.165, 1.54) is 0 Å². The van der Waals surface area contributed by atoms with Gasteiger partial charge in [-0.2, -0.15) is 0 Å². The van der Waals surface area contributed by atoms with E-state index in [1.807, 2.05) is 0 Å². The maximum absolute atomic E-state index is 8.98. The van der Waals surface area contributed by atoms with Gasteiger partial charge in [0.05, 0.1) is 6.10 Å². The summed E-state index contributed by atoms with van der Waals surface area (Å²) in [6.45, 7) is 0.747. The Kier molecular flexibility index (Phi) is 1.86. The van der Waals surface area contributed by atoms with E-state index in [9.17, 15) is 0 Å². The topological polar surface area (TPSA) is 46.2 Å². The van der Waals surface area contributed by atoms with Gasteiger partial charge < -0.3 is 10.8 Å². The predicted octanol–water partition coefficient (Wildman–Crippen LogP) is 0.106. The van der Waals surface area contributed by atoms with Crippen LogP contribution < -0.4 is 5.73 Å². The molecule has 2 heteroatoms. The standard InChI is InChI=1S/C6H13NO/c7-4-5-1-2-6(8)3-5/h5-6,8H,1-4,7H2/t5-,6+/m0/s1. The van der Waals surface area contributed by atoms with Gasteiger partial charge >= 0.3 is 0 Å². The van der Waals surface area contributed by atoms with Crippen LogP contribution in [0.1, 0.15) is 19.3 Å². The molecule has 1 aliphatic carbocycles. The second-order valence-electron chi connectivity index (χ2n) is 2.57. The molecule has 8 heavy (non-hydrogen) atoms. The summed E-state index contributed by atoms with van der Waals surface area (Å²) in [5.41, 5.74) is 5.38. The molecule has 48 valence electrons. The fourth-order valence-corrected chi connectivity index (χ4v) is 1.26. The van der Waals surface area contributed by atoms with Crippen LogP contribution in [0.15, 0.2) is 0 Å². The average Bonchev–Trinajstić information content (AvgIpc) is 2.14. The first kappa shape index (κ1) is 6.05. The SMILES string of the molecule is NC[C@H]1CC[C@@H](O)C1. The van der Waals surface area contributed by atoms with Crippen molar-refractivity contribution in [3.05, 3.63) is 0 Å². The van der Waals surface area contributed by atoms with Crippen LogP contribution in [-0.2, 0) is 0 Å². The highest BCUT2D eigenvalue weighted by molar-refractivity contribution is 4.74. The second kappa shape index (κ2) is 2.46. The summed E-state index contributed by atoms with van der Waals surface area (Å²) in [6.07, 6.45) is 2.96. The first-order chi connectivity index (χ1) is 3.83. The number of hydrogen-bond acceptors (Lipinski definition) is 2. The molecule has 1 fully saturated rings. The van der Waals surface area contributed by atoms with Crippen molar-refractivity contribution in [3.8, 4) is 0 Å². The number of aliphatic hydroxyl groups excluding tert-OH is 1. The Morgan fingerprint density at radius 2 is 2.25 bits per heavy atom. The van der Waals surface area contributed by atoms with Crippen molar-refractivity contribution in [3.63, 3.8) is 0 Å². The number of hydrogen-bond donors (Lipinski definition) is 2. The summed E-state index contributed by atoms with van der Waals surface area (Å²) in [6, 6.07) is 0. The predicted molar refractivity (Wildman–Crippen MR) is 32.4 cm³/mol. The zero-order valence-corrected chi connectivity index (χ0v) is 5.01. The van der Waals surface area contributed by atoms with E-state index in [4.69, 9.17) is 10.8 Å². The van der Waals surface area contributed by atoms with E-state index < -0.39 is 0 Å². The molecule has 0 unspecified atom stereocenters. The first-order valence-corrected chi connectivity index (χ1v) is 3.21. The second-order valence-corrected chi connectivity index (χ2v) is 2.57. The molecule has 0 heterocycles. The van der Waals surface area contributed by atoms with Crippen LogP contribution in [0.5, 0.6) is 0 Å². The van der Waals surface area contributed by atoms with Crippen LogP contribution in [0.4, 0.5) is 0 Å². The molecular formula is C6H13NO. The smallest absolute Gasteiger partial charge is 0.0543 e. The molecule has 0 aliphatic heterocycles. The van der Waals surface area contributed by atoms with Crippen molar-refractivity contribution < 1.29 is 5.11 Å². The van der Waals surface area contributed by atoms with Crippen molar-refractivity contribution in [1.82, 2.24) is 0 Å². The maximum Gasteiger partial charge on any atom is 0.0543 e. The van der Waals surface area contributed by atoms with E-state index in [2.05, 4.69) is 0 Å². The van der Waals surface area contributed by atoms with E-state index >= 15 is 0 Å². The molecule has 0 aromatic carbocycles. The van der Waals surface area contributed by atoms with Crippen molar-refractivity contribution in [2.24, 2.45) is 11.7 Å². The van der Waals surface area contributed by atoms with E-state index in [0.717, 1.165) is 25.8 Å². The third-order valence-electron chi connectivity index (χ3n) is 1.85. The van der Waals surface area contributed by atoms with Crippen molar-refractivity contribution >= 4 is 0 Å². The van der Waals surface area contributed by atoms with Gasteiger partial charge in [0.25, 0.3) is 0 Å². The molecule has 0 aromatic heterocycles.